The Balaban J connectivity index is 1.53. The van der Waals surface area contributed by atoms with Gasteiger partial charge < -0.3 is 10.1 Å². The number of hydrogen-bond donors (Lipinski definition) is 1. The van der Waals surface area contributed by atoms with Gasteiger partial charge in [0.2, 0.25) is 0 Å². The number of nitrogens with one attached hydrogen (secondary N) is 1. The van der Waals surface area contributed by atoms with E-state index in [4.69, 9.17) is 4.74 Å². The summed E-state index contributed by atoms with van der Waals surface area (Å²) in [5.74, 6) is 3.47. The maximum absolute atomic E-state index is 5.63. The maximum Gasteiger partial charge on any atom is 0.0666 e. The molecule has 2 rings (SSSR count). The highest BCUT2D eigenvalue weighted by molar-refractivity contribution is 7.99. The van der Waals surface area contributed by atoms with E-state index >= 15 is 0 Å². The summed E-state index contributed by atoms with van der Waals surface area (Å²) in [5.41, 5.74) is 0. The molecule has 3 unspecified atom stereocenters. The molecule has 0 radical (unpaired) electrons. The van der Waals surface area contributed by atoms with Crippen LogP contribution in [0.5, 0.6) is 0 Å². The smallest absolute Gasteiger partial charge is 0.0666 e. The topological polar surface area (TPSA) is 21.3 Å². The Bertz CT molecular complexity index is 194. The molecule has 2 fully saturated rings. The summed E-state index contributed by atoms with van der Waals surface area (Å²) in [6.07, 6.45) is 8.76. The first-order valence-electron chi connectivity index (χ1n) is 6.76. The van der Waals surface area contributed by atoms with Crippen LogP contribution in [0.2, 0.25) is 0 Å². The van der Waals surface area contributed by atoms with Crippen LogP contribution < -0.4 is 5.32 Å². The van der Waals surface area contributed by atoms with Gasteiger partial charge in [-0.2, -0.15) is 11.8 Å². The molecule has 1 saturated heterocycles. The summed E-state index contributed by atoms with van der Waals surface area (Å²) in [5, 5.41) is 3.46. The fourth-order valence-corrected chi connectivity index (χ4v) is 4.15. The van der Waals surface area contributed by atoms with Gasteiger partial charge in [-0.25, -0.2) is 0 Å². The van der Waals surface area contributed by atoms with Crippen LogP contribution in [0.15, 0.2) is 0 Å². The first-order chi connectivity index (χ1) is 7.90. The average Bonchev–Trinajstić information content (AvgIpc) is 2.95. The predicted octanol–water partition coefficient (Wildman–Crippen LogP) is 2.68. The van der Waals surface area contributed by atoms with Crippen LogP contribution >= 0.6 is 11.8 Å². The van der Waals surface area contributed by atoms with Gasteiger partial charge in [0.25, 0.3) is 0 Å². The van der Waals surface area contributed by atoms with E-state index in [-0.39, 0.29) is 0 Å². The quantitative estimate of drug-likeness (QED) is 0.725. The highest BCUT2D eigenvalue weighted by Gasteiger charge is 2.25. The van der Waals surface area contributed by atoms with Gasteiger partial charge in [0, 0.05) is 18.4 Å². The second-order valence-corrected chi connectivity index (χ2v) is 6.23. The summed E-state index contributed by atoms with van der Waals surface area (Å²) < 4.78 is 5.63. The van der Waals surface area contributed by atoms with Crippen LogP contribution in [-0.4, -0.2) is 37.3 Å². The van der Waals surface area contributed by atoms with E-state index in [2.05, 4.69) is 24.1 Å². The standard InChI is InChI=1S/C13H25NOS/c1-14-13-6-2-4-11(13)7-9-16-10-12-5-3-8-15-12/h11-14H,2-10H2,1H3. The maximum atomic E-state index is 5.63. The van der Waals surface area contributed by atoms with E-state index in [1.807, 2.05) is 0 Å². The zero-order valence-corrected chi connectivity index (χ0v) is 11.2. The number of ether oxygens (including phenoxy) is 1. The molecule has 1 saturated carbocycles. The van der Waals surface area contributed by atoms with E-state index in [1.165, 1.54) is 50.0 Å². The molecule has 1 heterocycles. The van der Waals surface area contributed by atoms with Crippen molar-refractivity contribution in [3.63, 3.8) is 0 Å². The molecule has 0 aromatic rings. The van der Waals surface area contributed by atoms with Crippen molar-refractivity contribution in [3.05, 3.63) is 0 Å². The SMILES string of the molecule is CNC1CCCC1CCSCC1CCCO1. The van der Waals surface area contributed by atoms with Crippen molar-refractivity contribution in [3.8, 4) is 0 Å². The minimum Gasteiger partial charge on any atom is -0.377 e. The molecular formula is C13H25NOS. The Hall–Kier alpha value is 0.270. The molecule has 0 bridgehead atoms. The lowest BCUT2D eigenvalue weighted by Gasteiger charge is -2.18. The zero-order valence-electron chi connectivity index (χ0n) is 10.4. The largest absolute Gasteiger partial charge is 0.377 e. The minimum atomic E-state index is 0.564. The van der Waals surface area contributed by atoms with Crippen LogP contribution in [-0.2, 0) is 4.74 Å². The summed E-state index contributed by atoms with van der Waals surface area (Å²) in [7, 11) is 2.11. The third kappa shape index (κ3) is 3.64. The molecule has 0 spiro atoms. The summed E-state index contributed by atoms with van der Waals surface area (Å²) in [6, 6.07) is 0.795. The van der Waals surface area contributed by atoms with Crippen molar-refractivity contribution >= 4 is 11.8 Å². The third-order valence-electron chi connectivity index (χ3n) is 3.99. The Morgan fingerprint density at radius 3 is 2.94 bits per heavy atom. The molecule has 0 amide bonds. The fraction of sp³-hybridized carbons (Fsp3) is 1.00. The molecule has 3 heteroatoms. The van der Waals surface area contributed by atoms with Gasteiger partial charge in [0.05, 0.1) is 6.10 Å². The Labute approximate surface area is 104 Å². The predicted molar refractivity (Wildman–Crippen MR) is 71.1 cm³/mol. The molecular weight excluding hydrogens is 218 g/mol. The Morgan fingerprint density at radius 2 is 2.19 bits per heavy atom. The zero-order chi connectivity index (χ0) is 11.2. The molecule has 0 aromatic carbocycles. The van der Waals surface area contributed by atoms with Gasteiger partial charge in [0.1, 0.15) is 0 Å². The third-order valence-corrected chi connectivity index (χ3v) is 5.12. The lowest BCUT2D eigenvalue weighted by atomic mass is 10.0. The van der Waals surface area contributed by atoms with Crippen LogP contribution in [0.1, 0.15) is 38.5 Å². The molecule has 1 aliphatic heterocycles. The molecule has 16 heavy (non-hydrogen) atoms. The monoisotopic (exact) mass is 243 g/mol. The second-order valence-electron chi connectivity index (χ2n) is 5.08. The highest BCUT2D eigenvalue weighted by atomic mass is 32.2. The van der Waals surface area contributed by atoms with Crippen molar-refractivity contribution in [2.75, 3.05) is 25.2 Å². The fourth-order valence-electron chi connectivity index (χ4n) is 2.99. The van der Waals surface area contributed by atoms with Gasteiger partial charge in [-0.1, -0.05) is 6.42 Å². The van der Waals surface area contributed by atoms with Crippen molar-refractivity contribution in [1.29, 1.82) is 0 Å². The van der Waals surface area contributed by atoms with E-state index < -0.39 is 0 Å². The first kappa shape index (κ1) is 12.7. The van der Waals surface area contributed by atoms with Gasteiger partial charge in [-0.3, -0.25) is 0 Å². The summed E-state index contributed by atoms with van der Waals surface area (Å²) in [4.78, 5) is 0. The van der Waals surface area contributed by atoms with Crippen molar-refractivity contribution in [2.45, 2.75) is 50.7 Å². The van der Waals surface area contributed by atoms with Gasteiger partial charge in [0.15, 0.2) is 0 Å². The van der Waals surface area contributed by atoms with Crippen LogP contribution in [0.4, 0.5) is 0 Å². The number of thioether (sulfide) groups is 1. The summed E-state index contributed by atoms with van der Waals surface area (Å²) >= 11 is 2.10. The minimum absolute atomic E-state index is 0.564. The number of rotatable bonds is 6. The molecule has 0 aromatic heterocycles. The van der Waals surface area contributed by atoms with Crippen molar-refractivity contribution in [1.82, 2.24) is 5.32 Å². The summed E-state index contributed by atoms with van der Waals surface area (Å²) in [6.45, 7) is 0.996. The van der Waals surface area contributed by atoms with Crippen molar-refractivity contribution < 1.29 is 4.74 Å². The average molecular weight is 243 g/mol. The van der Waals surface area contributed by atoms with Gasteiger partial charge in [-0.05, 0) is 50.8 Å². The molecule has 3 atom stereocenters. The van der Waals surface area contributed by atoms with Gasteiger partial charge in [-0.15, -0.1) is 0 Å². The molecule has 94 valence electrons. The van der Waals surface area contributed by atoms with E-state index in [9.17, 15) is 0 Å². The van der Waals surface area contributed by atoms with E-state index in [1.54, 1.807) is 0 Å². The molecule has 1 aliphatic carbocycles. The van der Waals surface area contributed by atoms with Crippen LogP contribution in [0, 0.1) is 5.92 Å². The first-order valence-corrected chi connectivity index (χ1v) is 7.92. The van der Waals surface area contributed by atoms with Gasteiger partial charge >= 0.3 is 0 Å². The van der Waals surface area contributed by atoms with Crippen LogP contribution in [0.25, 0.3) is 0 Å². The normalized spacial score (nSPS) is 34.7. The highest BCUT2D eigenvalue weighted by Crippen LogP contribution is 2.29. The van der Waals surface area contributed by atoms with Crippen LogP contribution in [0.3, 0.4) is 0 Å². The molecule has 2 aliphatic rings. The van der Waals surface area contributed by atoms with E-state index in [0.717, 1.165) is 18.6 Å². The Kier molecular flexibility index (Phi) is 5.46. The van der Waals surface area contributed by atoms with Crippen molar-refractivity contribution in [2.24, 2.45) is 5.92 Å². The number of hydrogen-bond acceptors (Lipinski definition) is 3. The Morgan fingerprint density at radius 1 is 1.25 bits per heavy atom. The lowest BCUT2D eigenvalue weighted by Crippen LogP contribution is -2.29. The second kappa shape index (κ2) is 6.87. The molecule has 2 nitrogen and oxygen atoms in total. The molecule has 1 N–H and O–H groups in total. The lowest BCUT2D eigenvalue weighted by molar-refractivity contribution is 0.129. The van der Waals surface area contributed by atoms with E-state index in [0.29, 0.717) is 6.10 Å².